The molecule has 0 bridgehead atoms. The summed E-state index contributed by atoms with van der Waals surface area (Å²) in [6, 6.07) is 14.0. The maximum Gasteiger partial charge on any atom is 0.305 e. The van der Waals surface area contributed by atoms with Crippen molar-refractivity contribution >= 4 is 39.0 Å². The number of nitro groups is 1. The quantitative estimate of drug-likeness (QED) is 0.311. The van der Waals surface area contributed by atoms with Gasteiger partial charge < -0.3 is 5.32 Å². The third-order valence-electron chi connectivity index (χ3n) is 5.03. The molecule has 0 spiro atoms. The molecule has 5 rings (SSSR count). The van der Waals surface area contributed by atoms with E-state index in [0.29, 0.717) is 23.4 Å². The number of nitrogens with one attached hydrogen (secondary N) is 1. The van der Waals surface area contributed by atoms with Gasteiger partial charge in [0.15, 0.2) is 0 Å². The second-order valence-electron chi connectivity index (χ2n) is 7.13. The number of nitro benzene ring substituents is 1. The van der Waals surface area contributed by atoms with Gasteiger partial charge in [-0.25, -0.2) is 14.4 Å². The fraction of sp³-hybridized carbons (Fsp3) is 0.0455. The van der Waals surface area contributed by atoms with Gasteiger partial charge in [0, 0.05) is 23.2 Å². The van der Waals surface area contributed by atoms with Crippen molar-refractivity contribution in [3.8, 4) is 0 Å². The fourth-order valence-corrected chi connectivity index (χ4v) is 3.54. The van der Waals surface area contributed by atoms with Crippen molar-refractivity contribution in [3.05, 3.63) is 94.4 Å². The van der Waals surface area contributed by atoms with E-state index in [0.717, 1.165) is 28.6 Å². The molecule has 0 amide bonds. The van der Waals surface area contributed by atoms with Crippen molar-refractivity contribution in [2.45, 2.75) is 6.54 Å². The molecule has 5 aromatic rings. The summed E-state index contributed by atoms with van der Waals surface area (Å²) in [5.41, 5.74) is 1.90. The Morgan fingerprint density at radius 3 is 2.75 bits per heavy atom. The highest BCUT2D eigenvalue weighted by Crippen LogP contribution is 2.30. The number of rotatable bonds is 5. The van der Waals surface area contributed by atoms with Crippen LogP contribution in [0.25, 0.3) is 21.8 Å². The second-order valence-corrected chi connectivity index (χ2v) is 7.13. The molecular weight excluding hydrogens is 418 g/mol. The summed E-state index contributed by atoms with van der Waals surface area (Å²) in [5.74, 6) is -0.952. The maximum absolute atomic E-state index is 13.9. The molecule has 32 heavy (non-hydrogen) atoms. The Labute approximate surface area is 179 Å². The molecule has 0 unspecified atom stereocenters. The summed E-state index contributed by atoms with van der Waals surface area (Å²) < 4.78 is 29.2. The summed E-state index contributed by atoms with van der Waals surface area (Å²) in [7, 11) is 0. The van der Waals surface area contributed by atoms with Crippen LogP contribution in [-0.4, -0.2) is 24.7 Å². The number of benzene rings is 3. The largest absolute Gasteiger partial charge is 0.340 e. The Hall–Kier alpha value is -4.47. The molecule has 0 aliphatic heterocycles. The molecule has 2 heterocycles. The minimum absolute atomic E-state index is 0.245. The van der Waals surface area contributed by atoms with Crippen LogP contribution in [0.3, 0.4) is 0 Å². The van der Waals surface area contributed by atoms with E-state index in [9.17, 15) is 18.9 Å². The van der Waals surface area contributed by atoms with Gasteiger partial charge >= 0.3 is 5.69 Å². The van der Waals surface area contributed by atoms with Crippen molar-refractivity contribution in [2.24, 2.45) is 0 Å². The van der Waals surface area contributed by atoms with Crippen molar-refractivity contribution in [1.29, 1.82) is 0 Å². The van der Waals surface area contributed by atoms with Gasteiger partial charge in [-0.05, 0) is 35.9 Å². The lowest BCUT2D eigenvalue weighted by Gasteiger charge is -2.09. The molecule has 158 valence electrons. The minimum Gasteiger partial charge on any atom is -0.340 e. The van der Waals surface area contributed by atoms with Crippen LogP contribution in [0, 0.1) is 21.7 Å². The molecule has 0 saturated carbocycles. The van der Waals surface area contributed by atoms with Gasteiger partial charge in [-0.1, -0.05) is 12.1 Å². The smallest absolute Gasteiger partial charge is 0.305 e. The highest BCUT2D eigenvalue weighted by molar-refractivity contribution is 5.93. The monoisotopic (exact) mass is 432 g/mol. The van der Waals surface area contributed by atoms with Crippen LogP contribution >= 0.6 is 0 Å². The molecule has 0 aliphatic carbocycles. The Kier molecular flexibility index (Phi) is 4.66. The number of anilines is 2. The Morgan fingerprint density at radius 1 is 1.06 bits per heavy atom. The summed E-state index contributed by atoms with van der Waals surface area (Å²) in [4.78, 5) is 18.5. The van der Waals surface area contributed by atoms with E-state index in [4.69, 9.17) is 0 Å². The van der Waals surface area contributed by atoms with Crippen molar-refractivity contribution in [1.82, 2.24) is 19.7 Å². The average Bonchev–Trinajstić information content (AvgIpc) is 3.15. The van der Waals surface area contributed by atoms with Gasteiger partial charge in [0.1, 0.15) is 18.0 Å². The van der Waals surface area contributed by atoms with Crippen molar-refractivity contribution in [3.63, 3.8) is 0 Å². The van der Waals surface area contributed by atoms with Gasteiger partial charge in [-0.15, -0.1) is 0 Å². The first kappa shape index (κ1) is 19.5. The molecule has 3 aromatic carbocycles. The van der Waals surface area contributed by atoms with Crippen LogP contribution < -0.4 is 5.32 Å². The highest BCUT2D eigenvalue weighted by atomic mass is 19.1. The number of hydrogen-bond donors (Lipinski definition) is 1. The SMILES string of the molecule is O=[N+]([O-])c1cc2c(Nc3ccc4c(cnn4Cc4cccc(F)c4)c3)ncnc2cc1F. The Bertz CT molecular complexity index is 1500. The third kappa shape index (κ3) is 3.58. The molecular formula is C22H14F2N6O2. The highest BCUT2D eigenvalue weighted by Gasteiger charge is 2.18. The van der Waals surface area contributed by atoms with Crippen LogP contribution in [0.15, 0.2) is 67.1 Å². The van der Waals surface area contributed by atoms with Gasteiger partial charge in [-0.3, -0.25) is 14.8 Å². The van der Waals surface area contributed by atoms with Crippen LogP contribution in [0.2, 0.25) is 0 Å². The summed E-state index contributed by atoms with van der Waals surface area (Å²) in [5, 5.41) is 19.8. The predicted octanol–water partition coefficient (Wildman–Crippen LogP) is 4.96. The van der Waals surface area contributed by atoms with Gasteiger partial charge in [0.25, 0.3) is 0 Å². The van der Waals surface area contributed by atoms with Crippen molar-refractivity contribution < 1.29 is 13.7 Å². The fourth-order valence-electron chi connectivity index (χ4n) is 3.54. The molecule has 0 radical (unpaired) electrons. The van der Waals surface area contributed by atoms with E-state index in [1.165, 1.54) is 18.5 Å². The van der Waals surface area contributed by atoms with Gasteiger partial charge in [0.2, 0.25) is 5.82 Å². The lowest BCUT2D eigenvalue weighted by molar-refractivity contribution is -0.387. The summed E-state index contributed by atoms with van der Waals surface area (Å²) in [6.45, 7) is 0.416. The molecule has 0 atom stereocenters. The summed E-state index contributed by atoms with van der Waals surface area (Å²) >= 11 is 0. The molecule has 0 fully saturated rings. The number of halogens is 2. The predicted molar refractivity (Wildman–Crippen MR) is 115 cm³/mol. The van der Waals surface area contributed by atoms with E-state index in [1.807, 2.05) is 18.2 Å². The topological polar surface area (TPSA) is 98.8 Å². The summed E-state index contributed by atoms with van der Waals surface area (Å²) in [6.07, 6.45) is 2.95. The first-order valence-electron chi connectivity index (χ1n) is 9.53. The third-order valence-corrected chi connectivity index (χ3v) is 5.03. The van der Waals surface area contributed by atoms with Crippen molar-refractivity contribution in [2.75, 3.05) is 5.32 Å². The van der Waals surface area contributed by atoms with Gasteiger partial charge in [-0.2, -0.15) is 9.49 Å². The Balaban J connectivity index is 1.48. The maximum atomic E-state index is 13.9. The Morgan fingerprint density at radius 2 is 1.94 bits per heavy atom. The average molecular weight is 432 g/mol. The zero-order valence-corrected chi connectivity index (χ0v) is 16.4. The van der Waals surface area contributed by atoms with Crippen LogP contribution in [0.4, 0.5) is 26.0 Å². The zero-order valence-electron chi connectivity index (χ0n) is 16.4. The lowest BCUT2D eigenvalue weighted by Crippen LogP contribution is -2.02. The number of fused-ring (bicyclic) bond motifs is 2. The molecule has 0 aliphatic rings. The van der Waals surface area contributed by atoms with E-state index < -0.39 is 16.4 Å². The molecule has 8 nitrogen and oxygen atoms in total. The van der Waals surface area contributed by atoms with E-state index in [2.05, 4.69) is 20.4 Å². The molecule has 1 N–H and O–H groups in total. The molecule has 0 saturated heterocycles. The number of aromatic nitrogens is 4. The van der Waals surface area contributed by atoms with E-state index in [1.54, 1.807) is 23.0 Å². The normalized spacial score (nSPS) is 11.2. The molecule has 10 heteroatoms. The number of nitrogens with zero attached hydrogens (tertiary/aromatic N) is 5. The van der Waals surface area contributed by atoms with Gasteiger partial charge in [0.05, 0.1) is 34.1 Å². The second kappa shape index (κ2) is 7.65. The van der Waals surface area contributed by atoms with Crippen LogP contribution in [-0.2, 0) is 6.54 Å². The number of hydrogen-bond acceptors (Lipinski definition) is 6. The minimum atomic E-state index is -0.959. The standard InChI is InChI=1S/C22H14F2N6O2/c23-15-3-1-2-13(6-15)11-29-20-5-4-16(7-14(20)10-27-29)28-22-17-8-21(30(31)32)18(24)9-19(17)25-12-26-22/h1-10,12H,11H2,(H,25,26,28). The lowest BCUT2D eigenvalue weighted by atomic mass is 10.2. The first-order chi connectivity index (χ1) is 15.5. The molecule has 2 aromatic heterocycles. The zero-order chi connectivity index (χ0) is 22.2. The van der Waals surface area contributed by atoms with Crippen LogP contribution in [0.5, 0.6) is 0 Å². The van der Waals surface area contributed by atoms with E-state index >= 15 is 0 Å². The van der Waals surface area contributed by atoms with Crippen LogP contribution in [0.1, 0.15) is 5.56 Å². The first-order valence-corrected chi connectivity index (χ1v) is 9.53. The van der Waals surface area contributed by atoms with E-state index in [-0.39, 0.29) is 11.3 Å².